The van der Waals surface area contributed by atoms with Crippen LogP contribution in [-0.2, 0) is 24.2 Å². The molecule has 13 heavy (non-hydrogen) atoms. The molecule has 0 aromatic carbocycles. The molecule has 1 aliphatic carbocycles. The summed E-state index contributed by atoms with van der Waals surface area (Å²) in [7, 11) is 0. The standard InChI is InChI=1S/C9H9N3O/c10-6-8-7-2-1-3-9(7)12(11-8)4-5-13/h5H,1-4H2. The van der Waals surface area contributed by atoms with Crippen LogP contribution in [0.25, 0.3) is 0 Å². The van der Waals surface area contributed by atoms with Crippen LogP contribution in [0.15, 0.2) is 0 Å². The Morgan fingerprint density at radius 2 is 2.46 bits per heavy atom. The lowest BCUT2D eigenvalue weighted by Crippen LogP contribution is -2.05. The van der Waals surface area contributed by atoms with Gasteiger partial charge in [0.1, 0.15) is 12.4 Å². The van der Waals surface area contributed by atoms with Crippen molar-refractivity contribution in [2.45, 2.75) is 25.8 Å². The second-order valence-corrected chi connectivity index (χ2v) is 3.09. The van der Waals surface area contributed by atoms with Gasteiger partial charge in [-0.3, -0.25) is 4.68 Å². The third-order valence-corrected chi connectivity index (χ3v) is 2.36. The Hall–Kier alpha value is -1.63. The second kappa shape index (κ2) is 3.02. The van der Waals surface area contributed by atoms with E-state index in [4.69, 9.17) is 5.26 Å². The normalized spacial score (nSPS) is 13.8. The summed E-state index contributed by atoms with van der Waals surface area (Å²) in [5.41, 5.74) is 2.61. The fourth-order valence-corrected chi connectivity index (χ4v) is 1.82. The van der Waals surface area contributed by atoms with Gasteiger partial charge in [-0.05, 0) is 19.3 Å². The van der Waals surface area contributed by atoms with Crippen molar-refractivity contribution in [2.24, 2.45) is 0 Å². The van der Waals surface area contributed by atoms with E-state index in [9.17, 15) is 4.79 Å². The number of carbonyl (C=O) groups is 1. The number of nitrogens with zero attached hydrogens (tertiary/aromatic N) is 3. The zero-order chi connectivity index (χ0) is 9.26. The summed E-state index contributed by atoms with van der Waals surface area (Å²) in [6, 6.07) is 2.06. The molecule has 1 aromatic heterocycles. The maximum absolute atomic E-state index is 10.3. The van der Waals surface area contributed by atoms with Crippen LogP contribution in [0.3, 0.4) is 0 Å². The van der Waals surface area contributed by atoms with E-state index >= 15 is 0 Å². The van der Waals surface area contributed by atoms with Gasteiger partial charge in [0.15, 0.2) is 5.69 Å². The first-order valence-electron chi connectivity index (χ1n) is 4.29. The molecule has 0 amide bonds. The molecule has 0 spiro atoms. The van der Waals surface area contributed by atoms with Crippen LogP contribution in [0.1, 0.15) is 23.4 Å². The summed E-state index contributed by atoms with van der Waals surface area (Å²) in [5.74, 6) is 0. The van der Waals surface area contributed by atoms with E-state index in [1.165, 1.54) is 0 Å². The first-order chi connectivity index (χ1) is 6.36. The molecule has 0 fully saturated rings. The van der Waals surface area contributed by atoms with E-state index in [0.717, 1.165) is 36.8 Å². The summed E-state index contributed by atoms with van der Waals surface area (Å²) in [4.78, 5) is 10.3. The molecule has 66 valence electrons. The van der Waals surface area contributed by atoms with Crippen molar-refractivity contribution in [3.8, 4) is 6.07 Å². The van der Waals surface area contributed by atoms with Gasteiger partial charge in [-0.25, -0.2) is 0 Å². The molecule has 4 heteroatoms. The summed E-state index contributed by atoms with van der Waals surface area (Å²) < 4.78 is 1.65. The molecular formula is C9H9N3O. The van der Waals surface area contributed by atoms with Gasteiger partial charge in [-0.1, -0.05) is 0 Å². The Labute approximate surface area is 75.8 Å². The van der Waals surface area contributed by atoms with Crippen molar-refractivity contribution in [1.29, 1.82) is 5.26 Å². The highest BCUT2D eigenvalue weighted by Crippen LogP contribution is 2.24. The minimum atomic E-state index is 0.268. The zero-order valence-electron chi connectivity index (χ0n) is 7.16. The SMILES string of the molecule is N#Cc1nn(CC=O)c2c1CCC2. The lowest BCUT2D eigenvalue weighted by Gasteiger charge is -1.97. The fraction of sp³-hybridized carbons (Fsp3) is 0.444. The van der Waals surface area contributed by atoms with Gasteiger partial charge in [0.2, 0.25) is 0 Å². The topological polar surface area (TPSA) is 58.7 Å². The average molecular weight is 175 g/mol. The van der Waals surface area contributed by atoms with E-state index in [-0.39, 0.29) is 6.54 Å². The van der Waals surface area contributed by atoms with Crippen LogP contribution in [-0.4, -0.2) is 16.1 Å². The van der Waals surface area contributed by atoms with Crippen molar-refractivity contribution in [2.75, 3.05) is 0 Å². The first kappa shape index (κ1) is 7.99. The smallest absolute Gasteiger partial charge is 0.165 e. The molecule has 0 unspecified atom stereocenters. The monoisotopic (exact) mass is 175 g/mol. The maximum Gasteiger partial charge on any atom is 0.165 e. The van der Waals surface area contributed by atoms with E-state index in [1.807, 2.05) is 0 Å². The minimum absolute atomic E-state index is 0.268. The number of aromatic nitrogens is 2. The Morgan fingerprint density at radius 1 is 1.62 bits per heavy atom. The van der Waals surface area contributed by atoms with E-state index in [2.05, 4.69) is 11.2 Å². The van der Waals surface area contributed by atoms with Crippen LogP contribution in [0.5, 0.6) is 0 Å². The molecule has 1 heterocycles. The number of hydrogen-bond donors (Lipinski definition) is 0. The lowest BCUT2D eigenvalue weighted by molar-refractivity contribution is -0.108. The Balaban J connectivity index is 2.49. The van der Waals surface area contributed by atoms with Crippen molar-refractivity contribution in [1.82, 2.24) is 9.78 Å². The molecule has 0 N–H and O–H groups in total. The predicted molar refractivity (Wildman–Crippen MR) is 45.0 cm³/mol. The lowest BCUT2D eigenvalue weighted by atomic mass is 10.2. The summed E-state index contributed by atoms with van der Waals surface area (Å²) >= 11 is 0. The van der Waals surface area contributed by atoms with E-state index in [0.29, 0.717) is 5.69 Å². The molecule has 0 aliphatic heterocycles. The molecule has 1 aliphatic rings. The molecule has 0 radical (unpaired) electrons. The summed E-state index contributed by atoms with van der Waals surface area (Å²) in [6.07, 6.45) is 3.75. The Kier molecular flexibility index (Phi) is 1.85. The zero-order valence-corrected chi connectivity index (χ0v) is 7.16. The van der Waals surface area contributed by atoms with E-state index < -0.39 is 0 Å². The number of nitriles is 1. The summed E-state index contributed by atoms with van der Waals surface area (Å²) in [6.45, 7) is 0.268. The van der Waals surface area contributed by atoms with Crippen molar-refractivity contribution in [3.05, 3.63) is 17.0 Å². The predicted octanol–water partition coefficient (Wildman–Crippen LogP) is 0.442. The molecule has 2 rings (SSSR count). The third-order valence-electron chi connectivity index (χ3n) is 2.36. The van der Waals surface area contributed by atoms with Crippen molar-refractivity contribution >= 4 is 6.29 Å². The molecule has 0 bridgehead atoms. The third kappa shape index (κ3) is 1.13. The maximum atomic E-state index is 10.3. The molecular weight excluding hydrogens is 166 g/mol. The quantitative estimate of drug-likeness (QED) is 0.613. The number of hydrogen-bond acceptors (Lipinski definition) is 3. The largest absolute Gasteiger partial charge is 0.301 e. The molecule has 0 saturated carbocycles. The van der Waals surface area contributed by atoms with Crippen LogP contribution >= 0.6 is 0 Å². The highest BCUT2D eigenvalue weighted by atomic mass is 16.1. The van der Waals surface area contributed by atoms with Crippen molar-refractivity contribution < 1.29 is 4.79 Å². The molecule has 0 saturated heterocycles. The van der Waals surface area contributed by atoms with E-state index in [1.54, 1.807) is 4.68 Å². The Morgan fingerprint density at radius 3 is 3.15 bits per heavy atom. The number of aldehydes is 1. The molecule has 1 aromatic rings. The van der Waals surface area contributed by atoms with Crippen LogP contribution in [0.4, 0.5) is 0 Å². The van der Waals surface area contributed by atoms with Gasteiger partial charge in [-0.15, -0.1) is 0 Å². The highest BCUT2D eigenvalue weighted by molar-refractivity contribution is 5.50. The Bertz CT molecular complexity index is 386. The minimum Gasteiger partial charge on any atom is -0.301 e. The van der Waals surface area contributed by atoms with Gasteiger partial charge in [0.05, 0.1) is 6.54 Å². The van der Waals surface area contributed by atoms with Crippen LogP contribution in [0, 0.1) is 11.3 Å². The molecule has 0 atom stereocenters. The van der Waals surface area contributed by atoms with Crippen LogP contribution < -0.4 is 0 Å². The highest BCUT2D eigenvalue weighted by Gasteiger charge is 2.21. The van der Waals surface area contributed by atoms with Crippen molar-refractivity contribution in [3.63, 3.8) is 0 Å². The fourth-order valence-electron chi connectivity index (χ4n) is 1.82. The van der Waals surface area contributed by atoms with Gasteiger partial charge in [0.25, 0.3) is 0 Å². The van der Waals surface area contributed by atoms with Gasteiger partial charge in [0, 0.05) is 11.3 Å². The van der Waals surface area contributed by atoms with Crippen LogP contribution in [0.2, 0.25) is 0 Å². The average Bonchev–Trinajstić information content (AvgIpc) is 2.68. The number of rotatable bonds is 2. The number of fused-ring (bicyclic) bond motifs is 1. The second-order valence-electron chi connectivity index (χ2n) is 3.09. The van der Waals surface area contributed by atoms with Gasteiger partial charge >= 0.3 is 0 Å². The first-order valence-corrected chi connectivity index (χ1v) is 4.29. The van der Waals surface area contributed by atoms with Gasteiger partial charge in [-0.2, -0.15) is 10.4 Å². The summed E-state index contributed by atoms with van der Waals surface area (Å²) in [5, 5.41) is 12.8. The number of carbonyl (C=O) groups excluding carboxylic acids is 1. The molecule has 4 nitrogen and oxygen atoms in total. The van der Waals surface area contributed by atoms with Gasteiger partial charge < -0.3 is 4.79 Å².